The number of morpholine rings is 1. The van der Waals surface area contributed by atoms with Crippen LogP contribution in [0.25, 0.3) is 0 Å². The Hall–Kier alpha value is 0.230. The van der Waals surface area contributed by atoms with Crippen LogP contribution in [0.1, 0.15) is 13.3 Å². The minimum Gasteiger partial charge on any atom is -0.379 e. The molecule has 1 heterocycles. The Bertz CT molecular complexity index is 140. The fourth-order valence-electron chi connectivity index (χ4n) is 1.52. The van der Waals surface area contributed by atoms with Crippen molar-refractivity contribution < 1.29 is 4.74 Å². The summed E-state index contributed by atoms with van der Waals surface area (Å²) in [5, 5.41) is 4.06. The summed E-state index contributed by atoms with van der Waals surface area (Å²) in [6, 6.07) is 0. The van der Waals surface area contributed by atoms with E-state index < -0.39 is 0 Å². The summed E-state index contributed by atoms with van der Waals surface area (Å²) in [4.78, 5) is 2.48. The molecule has 0 aromatic rings. The monoisotopic (exact) mass is 218 g/mol. The number of thioether (sulfide) groups is 1. The van der Waals surface area contributed by atoms with Crippen molar-refractivity contribution in [2.75, 3.05) is 45.6 Å². The maximum atomic E-state index is 5.30. The molecular weight excluding hydrogens is 196 g/mol. The van der Waals surface area contributed by atoms with Gasteiger partial charge in [-0.25, -0.2) is 0 Å². The van der Waals surface area contributed by atoms with Crippen molar-refractivity contribution in [2.24, 2.45) is 0 Å². The van der Waals surface area contributed by atoms with Crippen LogP contribution in [0.15, 0.2) is 0 Å². The van der Waals surface area contributed by atoms with Crippen molar-refractivity contribution >= 4 is 11.8 Å². The Morgan fingerprint density at radius 2 is 2.14 bits per heavy atom. The molecular formula is C10H22N2OS. The van der Waals surface area contributed by atoms with Crippen molar-refractivity contribution in [1.82, 2.24) is 10.2 Å². The SMILES string of the molecule is CSC(C)NCCCN1CCOCC1. The first-order chi connectivity index (χ1) is 6.83. The zero-order chi connectivity index (χ0) is 10.2. The Morgan fingerprint density at radius 3 is 2.79 bits per heavy atom. The molecule has 0 radical (unpaired) electrons. The third-order valence-electron chi connectivity index (χ3n) is 2.54. The van der Waals surface area contributed by atoms with Gasteiger partial charge in [-0.1, -0.05) is 0 Å². The van der Waals surface area contributed by atoms with E-state index in [-0.39, 0.29) is 0 Å². The lowest BCUT2D eigenvalue weighted by Gasteiger charge is -2.26. The van der Waals surface area contributed by atoms with Gasteiger partial charge in [0.2, 0.25) is 0 Å². The van der Waals surface area contributed by atoms with E-state index in [9.17, 15) is 0 Å². The molecule has 0 aliphatic carbocycles. The first-order valence-electron chi connectivity index (χ1n) is 5.39. The molecule has 1 saturated heterocycles. The summed E-state index contributed by atoms with van der Waals surface area (Å²) < 4.78 is 5.30. The minimum absolute atomic E-state index is 0.583. The van der Waals surface area contributed by atoms with Gasteiger partial charge in [-0.3, -0.25) is 4.90 Å². The predicted molar refractivity (Wildman–Crippen MR) is 62.9 cm³/mol. The lowest BCUT2D eigenvalue weighted by atomic mass is 10.3. The average molecular weight is 218 g/mol. The second kappa shape index (κ2) is 7.51. The summed E-state index contributed by atoms with van der Waals surface area (Å²) in [5.74, 6) is 0. The standard InChI is InChI=1S/C10H22N2OS/c1-10(14-2)11-4-3-5-12-6-8-13-9-7-12/h10-11H,3-9H2,1-2H3. The van der Waals surface area contributed by atoms with Gasteiger partial charge in [0.1, 0.15) is 0 Å². The highest BCUT2D eigenvalue weighted by molar-refractivity contribution is 7.99. The van der Waals surface area contributed by atoms with Crippen molar-refractivity contribution in [1.29, 1.82) is 0 Å². The molecule has 1 fully saturated rings. The van der Waals surface area contributed by atoms with Crippen LogP contribution in [0.4, 0.5) is 0 Å². The number of hydrogen-bond donors (Lipinski definition) is 1. The van der Waals surface area contributed by atoms with E-state index in [1.807, 2.05) is 11.8 Å². The molecule has 14 heavy (non-hydrogen) atoms. The van der Waals surface area contributed by atoms with Crippen molar-refractivity contribution in [3.63, 3.8) is 0 Å². The zero-order valence-electron chi connectivity index (χ0n) is 9.29. The van der Waals surface area contributed by atoms with E-state index in [1.165, 1.54) is 13.0 Å². The predicted octanol–water partition coefficient (Wildman–Crippen LogP) is 1.01. The molecule has 4 heteroatoms. The van der Waals surface area contributed by atoms with Crippen LogP contribution in [0.5, 0.6) is 0 Å². The summed E-state index contributed by atoms with van der Waals surface area (Å²) in [6.07, 6.45) is 3.38. The van der Waals surface area contributed by atoms with Gasteiger partial charge >= 0.3 is 0 Å². The van der Waals surface area contributed by atoms with Crippen LogP contribution in [-0.4, -0.2) is 55.9 Å². The maximum absolute atomic E-state index is 5.30. The molecule has 0 aromatic carbocycles. The van der Waals surface area contributed by atoms with Gasteiger partial charge in [-0.15, -0.1) is 11.8 Å². The second-order valence-electron chi connectivity index (χ2n) is 3.64. The quantitative estimate of drug-likeness (QED) is 0.531. The number of hydrogen-bond acceptors (Lipinski definition) is 4. The van der Waals surface area contributed by atoms with Gasteiger partial charge < -0.3 is 10.1 Å². The summed E-state index contributed by atoms with van der Waals surface area (Å²) in [5.41, 5.74) is 0. The van der Waals surface area contributed by atoms with Crippen LogP contribution >= 0.6 is 11.8 Å². The van der Waals surface area contributed by atoms with Crippen LogP contribution in [0.3, 0.4) is 0 Å². The molecule has 1 aliphatic heterocycles. The molecule has 0 amide bonds. The van der Waals surface area contributed by atoms with Crippen molar-refractivity contribution in [3.8, 4) is 0 Å². The number of nitrogens with one attached hydrogen (secondary N) is 1. The molecule has 84 valence electrons. The van der Waals surface area contributed by atoms with E-state index in [1.54, 1.807) is 0 Å². The molecule has 0 saturated carbocycles. The van der Waals surface area contributed by atoms with Gasteiger partial charge in [0, 0.05) is 13.1 Å². The summed E-state index contributed by atoms with van der Waals surface area (Å²) in [7, 11) is 0. The molecule has 1 aliphatic rings. The van der Waals surface area contributed by atoms with Crippen LogP contribution in [0.2, 0.25) is 0 Å². The van der Waals surface area contributed by atoms with Gasteiger partial charge in [0.25, 0.3) is 0 Å². The zero-order valence-corrected chi connectivity index (χ0v) is 10.1. The van der Waals surface area contributed by atoms with Crippen molar-refractivity contribution in [3.05, 3.63) is 0 Å². The number of ether oxygens (including phenoxy) is 1. The van der Waals surface area contributed by atoms with E-state index in [2.05, 4.69) is 23.4 Å². The largest absolute Gasteiger partial charge is 0.379 e. The molecule has 0 bridgehead atoms. The normalized spacial score (nSPS) is 21.0. The fraction of sp³-hybridized carbons (Fsp3) is 1.00. The molecule has 0 aromatic heterocycles. The Kier molecular flexibility index (Phi) is 6.60. The Morgan fingerprint density at radius 1 is 1.43 bits per heavy atom. The van der Waals surface area contributed by atoms with Gasteiger partial charge in [0.05, 0.1) is 18.6 Å². The third-order valence-corrected chi connectivity index (χ3v) is 3.41. The molecule has 1 unspecified atom stereocenters. The molecule has 1 rings (SSSR count). The maximum Gasteiger partial charge on any atom is 0.0594 e. The van der Waals surface area contributed by atoms with Crippen LogP contribution < -0.4 is 5.32 Å². The highest BCUT2D eigenvalue weighted by Gasteiger charge is 2.09. The molecule has 3 nitrogen and oxygen atoms in total. The average Bonchev–Trinajstić information content (AvgIpc) is 2.25. The van der Waals surface area contributed by atoms with Gasteiger partial charge in [-0.05, 0) is 32.7 Å². The van der Waals surface area contributed by atoms with Crippen LogP contribution in [0, 0.1) is 0 Å². The fourth-order valence-corrected chi connectivity index (χ4v) is 1.80. The van der Waals surface area contributed by atoms with Gasteiger partial charge in [0.15, 0.2) is 0 Å². The lowest BCUT2D eigenvalue weighted by molar-refractivity contribution is 0.0374. The van der Waals surface area contributed by atoms with E-state index >= 15 is 0 Å². The molecule has 1 N–H and O–H groups in total. The minimum atomic E-state index is 0.583. The third kappa shape index (κ3) is 5.20. The smallest absolute Gasteiger partial charge is 0.0594 e. The first kappa shape index (κ1) is 12.3. The summed E-state index contributed by atoms with van der Waals surface area (Å²) >= 11 is 1.87. The van der Waals surface area contributed by atoms with Crippen molar-refractivity contribution in [2.45, 2.75) is 18.7 Å². The highest BCUT2D eigenvalue weighted by Crippen LogP contribution is 2.01. The Balaban J connectivity index is 1.92. The number of rotatable bonds is 6. The first-order valence-corrected chi connectivity index (χ1v) is 6.68. The van der Waals surface area contributed by atoms with E-state index in [0.717, 1.165) is 32.8 Å². The Labute approximate surface area is 91.6 Å². The lowest BCUT2D eigenvalue weighted by Crippen LogP contribution is -2.38. The molecule has 1 atom stereocenters. The van der Waals surface area contributed by atoms with Crippen LogP contribution in [-0.2, 0) is 4.74 Å². The van der Waals surface area contributed by atoms with E-state index in [4.69, 9.17) is 4.74 Å². The highest BCUT2D eigenvalue weighted by atomic mass is 32.2. The van der Waals surface area contributed by atoms with E-state index in [0.29, 0.717) is 5.37 Å². The molecule has 0 spiro atoms. The second-order valence-corrected chi connectivity index (χ2v) is 4.82. The number of nitrogens with zero attached hydrogens (tertiary/aromatic N) is 1. The topological polar surface area (TPSA) is 24.5 Å². The summed E-state index contributed by atoms with van der Waals surface area (Å²) in [6.45, 7) is 8.58. The van der Waals surface area contributed by atoms with Gasteiger partial charge in [-0.2, -0.15) is 0 Å².